The highest BCUT2D eigenvalue weighted by atomic mass is 31.2. The molecule has 0 bridgehead atoms. The van der Waals surface area contributed by atoms with Crippen molar-refractivity contribution in [2.75, 3.05) is 39.6 Å². The van der Waals surface area contributed by atoms with Gasteiger partial charge in [0.25, 0.3) is 0 Å². The van der Waals surface area contributed by atoms with Gasteiger partial charge in [-0.25, -0.2) is 9.13 Å². The summed E-state index contributed by atoms with van der Waals surface area (Å²) in [6.07, 6.45) is 44.4. The maximum atomic E-state index is 13.0. The highest BCUT2D eigenvalue weighted by Crippen LogP contribution is 2.45. The number of phosphoric acid groups is 2. The van der Waals surface area contributed by atoms with Crippen molar-refractivity contribution >= 4 is 39.5 Å². The normalized spacial score (nSPS) is 14.2. The van der Waals surface area contributed by atoms with Gasteiger partial charge in [-0.1, -0.05) is 278 Å². The zero-order valence-corrected chi connectivity index (χ0v) is 54.9. The number of esters is 4. The van der Waals surface area contributed by atoms with Gasteiger partial charge in [0.2, 0.25) is 0 Å². The van der Waals surface area contributed by atoms with E-state index in [0.29, 0.717) is 25.7 Å². The summed E-state index contributed by atoms with van der Waals surface area (Å²) >= 11 is 0. The lowest BCUT2D eigenvalue weighted by Gasteiger charge is -2.21. The molecule has 3 N–H and O–H groups in total. The monoisotopic (exact) mass is 1230 g/mol. The van der Waals surface area contributed by atoms with E-state index in [1.54, 1.807) is 0 Å². The van der Waals surface area contributed by atoms with Crippen molar-refractivity contribution in [3.8, 4) is 0 Å². The van der Waals surface area contributed by atoms with Crippen LogP contribution < -0.4 is 0 Å². The highest BCUT2D eigenvalue weighted by molar-refractivity contribution is 7.47. The number of aliphatic hydroxyl groups excluding tert-OH is 1. The number of ether oxygens (including phenoxy) is 4. The van der Waals surface area contributed by atoms with Crippen molar-refractivity contribution < 1.29 is 80.2 Å². The average molecular weight is 1230 g/mol. The Morgan fingerprint density at radius 2 is 0.482 bits per heavy atom. The predicted molar refractivity (Wildman–Crippen MR) is 331 cm³/mol. The number of carbonyl (C=O) groups is 4. The fourth-order valence-corrected chi connectivity index (χ4v) is 11.2. The molecule has 83 heavy (non-hydrogen) atoms. The van der Waals surface area contributed by atoms with Gasteiger partial charge >= 0.3 is 39.5 Å². The van der Waals surface area contributed by atoms with Crippen LogP contribution in [0.15, 0.2) is 0 Å². The lowest BCUT2D eigenvalue weighted by atomic mass is 10.0. The van der Waals surface area contributed by atoms with E-state index >= 15 is 0 Å². The van der Waals surface area contributed by atoms with Crippen LogP contribution in [0.25, 0.3) is 0 Å². The van der Waals surface area contributed by atoms with E-state index < -0.39 is 97.5 Å². The first-order chi connectivity index (χ1) is 40.2. The van der Waals surface area contributed by atoms with Crippen LogP contribution in [0.4, 0.5) is 0 Å². The molecule has 5 atom stereocenters. The Bertz CT molecular complexity index is 1600. The molecule has 0 aliphatic rings. The number of hydrogen-bond donors (Lipinski definition) is 3. The molecule has 2 unspecified atom stereocenters. The second-order valence-electron chi connectivity index (χ2n) is 23.2. The topological polar surface area (TPSA) is 237 Å². The number of rotatable bonds is 65. The van der Waals surface area contributed by atoms with Crippen molar-refractivity contribution in [2.24, 2.45) is 0 Å². The lowest BCUT2D eigenvalue weighted by molar-refractivity contribution is -0.161. The molecule has 0 saturated heterocycles. The van der Waals surface area contributed by atoms with Gasteiger partial charge in [-0.15, -0.1) is 0 Å². The Hall–Kier alpha value is -1.94. The minimum Gasteiger partial charge on any atom is -0.462 e. The molecule has 19 heteroatoms. The van der Waals surface area contributed by atoms with Crippen molar-refractivity contribution in [3.05, 3.63) is 0 Å². The van der Waals surface area contributed by atoms with Gasteiger partial charge in [0.05, 0.1) is 26.4 Å². The average Bonchev–Trinajstić information content (AvgIpc) is 3.47. The number of carbonyl (C=O) groups excluding carboxylic acids is 4. The summed E-state index contributed by atoms with van der Waals surface area (Å²) < 4.78 is 67.9. The maximum Gasteiger partial charge on any atom is 0.472 e. The first-order valence-corrected chi connectivity index (χ1v) is 36.8. The SMILES string of the molecule is CCCCCCCCCCCCCCCCCC(=O)O[C@H](COC(=O)CCCCCCCCCCCCCC)COP(=O)(O)OC[C@@H](O)COP(=O)(O)OC[C@@H](COC(=O)CCCCCCCCCC)OC(=O)CCCCCCCCCC. The van der Waals surface area contributed by atoms with E-state index in [1.807, 2.05) is 0 Å². The smallest absolute Gasteiger partial charge is 0.462 e. The number of aliphatic hydroxyl groups is 1. The van der Waals surface area contributed by atoms with Gasteiger partial charge in [-0.05, 0) is 25.7 Å². The summed E-state index contributed by atoms with van der Waals surface area (Å²) in [6, 6.07) is 0. The third-order valence-corrected chi connectivity index (χ3v) is 16.8. The number of hydrogen-bond acceptors (Lipinski definition) is 15. The van der Waals surface area contributed by atoms with Crippen molar-refractivity contribution in [1.29, 1.82) is 0 Å². The van der Waals surface area contributed by atoms with E-state index in [-0.39, 0.29) is 25.7 Å². The van der Waals surface area contributed by atoms with Crippen molar-refractivity contribution in [2.45, 2.75) is 348 Å². The second kappa shape index (κ2) is 59.0. The summed E-state index contributed by atoms with van der Waals surface area (Å²) in [7, 11) is -9.88. The first-order valence-electron chi connectivity index (χ1n) is 33.8. The molecule has 0 fully saturated rings. The summed E-state index contributed by atoms with van der Waals surface area (Å²) in [5.41, 5.74) is 0. The molecule has 0 radical (unpaired) electrons. The van der Waals surface area contributed by atoms with Gasteiger partial charge < -0.3 is 33.8 Å². The van der Waals surface area contributed by atoms with E-state index in [1.165, 1.54) is 148 Å². The molecule has 492 valence electrons. The molecular formula is C64H124O17P2. The zero-order valence-electron chi connectivity index (χ0n) is 53.2. The third kappa shape index (κ3) is 58.8. The van der Waals surface area contributed by atoms with Crippen molar-refractivity contribution in [3.63, 3.8) is 0 Å². The quantitative estimate of drug-likeness (QED) is 0.0222. The highest BCUT2D eigenvalue weighted by Gasteiger charge is 2.30. The maximum absolute atomic E-state index is 13.0. The summed E-state index contributed by atoms with van der Waals surface area (Å²) in [4.78, 5) is 72.1. The van der Waals surface area contributed by atoms with Crippen LogP contribution >= 0.6 is 15.6 Å². The predicted octanol–water partition coefficient (Wildman–Crippen LogP) is 17.9. The van der Waals surface area contributed by atoms with Crippen LogP contribution in [0.5, 0.6) is 0 Å². The minimum absolute atomic E-state index is 0.105. The van der Waals surface area contributed by atoms with E-state index in [0.717, 1.165) is 103 Å². The van der Waals surface area contributed by atoms with Gasteiger partial charge in [0.1, 0.15) is 19.3 Å². The molecule has 17 nitrogen and oxygen atoms in total. The van der Waals surface area contributed by atoms with Crippen LogP contribution in [0.3, 0.4) is 0 Å². The molecule has 0 aromatic carbocycles. The first kappa shape index (κ1) is 81.1. The van der Waals surface area contributed by atoms with Crippen LogP contribution in [0.2, 0.25) is 0 Å². The van der Waals surface area contributed by atoms with Crippen LogP contribution in [0, 0.1) is 0 Å². The minimum atomic E-state index is -4.94. The second-order valence-corrected chi connectivity index (χ2v) is 26.1. The van der Waals surface area contributed by atoms with Crippen molar-refractivity contribution in [1.82, 2.24) is 0 Å². The van der Waals surface area contributed by atoms with Crippen LogP contribution in [-0.2, 0) is 65.4 Å². The number of phosphoric ester groups is 2. The fourth-order valence-electron chi connectivity index (χ4n) is 9.63. The Labute approximate surface area is 505 Å². The Morgan fingerprint density at radius 1 is 0.289 bits per heavy atom. The Morgan fingerprint density at radius 3 is 0.711 bits per heavy atom. The molecule has 0 heterocycles. The summed E-state index contributed by atoms with van der Waals surface area (Å²) in [6.45, 7) is 4.85. The molecule has 0 aliphatic carbocycles. The largest absolute Gasteiger partial charge is 0.472 e. The Balaban J connectivity index is 5.19. The molecule has 0 rings (SSSR count). The van der Waals surface area contributed by atoms with Crippen LogP contribution in [0.1, 0.15) is 329 Å². The summed E-state index contributed by atoms with van der Waals surface area (Å²) in [5, 5.41) is 10.5. The van der Waals surface area contributed by atoms with Gasteiger partial charge in [-0.2, -0.15) is 0 Å². The molecule has 0 aromatic rings. The van der Waals surface area contributed by atoms with E-state index in [9.17, 15) is 43.2 Å². The third-order valence-electron chi connectivity index (χ3n) is 14.9. The molecule has 0 aliphatic heterocycles. The lowest BCUT2D eigenvalue weighted by Crippen LogP contribution is -2.30. The van der Waals surface area contributed by atoms with Gasteiger partial charge in [0, 0.05) is 25.7 Å². The molecular weight excluding hydrogens is 1100 g/mol. The van der Waals surface area contributed by atoms with E-state index in [2.05, 4.69) is 27.7 Å². The molecule has 0 saturated carbocycles. The molecule has 0 amide bonds. The molecule has 0 spiro atoms. The fraction of sp³-hybridized carbons (Fsp3) is 0.938. The molecule has 0 aromatic heterocycles. The summed E-state index contributed by atoms with van der Waals surface area (Å²) in [5.74, 6) is -2.13. The van der Waals surface area contributed by atoms with Gasteiger partial charge in [-0.3, -0.25) is 37.3 Å². The van der Waals surface area contributed by atoms with E-state index in [4.69, 9.17) is 37.0 Å². The van der Waals surface area contributed by atoms with Crippen LogP contribution in [-0.4, -0.2) is 96.7 Å². The number of unbranched alkanes of at least 4 members (excludes halogenated alkanes) is 39. The standard InChI is InChI=1S/C64H124O17P2/c1-5-9-13-17-21-25-27-29-30-31-33-35-39-43-47-51-64(69)81-60(55-75-62(67)49-45-41-38-34-32-28-26-22-18-14-10-6-2)57-79-83(72,73)77-53-58(65)52-76-82(70,71)78-56-59(80-63(68)50-46-42-37-24-20-16-12-8-4)54-74-61(66)48-44-40-36-23-19-15-11-7-3/h58-60,65H,5-57H2,1-4H3,(H,70,71)(H,72,73)/t58-,59+,60+/m0/s1. The Kier molecular flexibility index (Phi) is 57.7. The zero-order chi connectivity index (χ0) is 61.2. The van der Waals surface area contributed by atoms with Gasteiger partial charge in [0.15, 0.2) is 12.2 Å².